The van der Waals surface area contributed by atoms with Gasteiger partial charge >= 0.3 is 0 Å². The smallest absolute Gasteiger partial charge is 0.243 e. The predicted molar refractivity (Wildman–Crippen MR) is 151 cm³/mol. The number of halogens is 3. The van der Waals surface area contributed by atoms with Crippen molar-refractivity contribution >= 4 is 46.6 Å². The van der Waals surface area contributed by atoms with Crippen LogP contribution in [0.3, 0.4) is 0 Å². The summed E-state index contributed by atoms with van der Waals surface area (Å²) in [6.45, 7) is 0.201. The van der Waals surface area contributed by atoms with Crippen LogP contribution in [0.1, 0.15) is 48.8 Å². The van der Waals surface area contributed by atoms with E-state index in [-0.39, 0.29) is 30.8 Å². The number of benzene rings is 3. The first kappa shape index (κ1) is 27.5. The highest BCUT2D eigenvalue weighted by Crippen LogP contribution is 2.26. The van der Waals surface area contributed by atoms with Crippen molar-refractivity contribution in [3.63, 3.8) is 0 Å². The van der Waals surface area contributed by atoms with Crippen LogP contribution in [0.15, 0.2) is 72.8 Å². The summed E-state index contributed by atoms with van der Waals surface area (Å²) in [6, 6.07) is 22.0. The van der Waals surface area contributed by atoms with Crippen molar-refractivity contribution in [3.8, 4) is 0 Å². The summed E-state index contributed by atoms with van der Waals surface area (Å²) in [7, 11) is 0. The molecular weight excluding hydrogens is 527 g/mol. The van der Waals surface area contributed by atoms with E-state index in [2.05, 4.69) is 5.32 Å². The molecule has 0 aromatic heterocycles. The Labute approximate surface area is 233 Å². The average molecular weight is 558 g/mol. The normalized spacial score (nSPS) is 14.4. The molecule has 0 bridgehead atoms. The lowest BCUT2D eigenvalue weighted by molar-refractivity contribution is -0.141. The van der Waals surface area contributed by atoms with E-state index in [4.69, 9.17) is 34.8 Å². The third-order valence-corrected chi connectivity index (χ3v) is 7.85. The van der Waals surface area contributed by atoms with E-state index < -0.39 is 6.04 Å². The molecule has 0 saturated heterocycles. The van der Waals surface area contributed by atoms with Gasteiger partial charge in [-0.15, -0.1) is 0 Å². The number of carbonyl (C=O) groups excluding carboxylic acids is 2. The molecule has 3 aromatic rings. The van der Waals surface area contributed by atoms with Gasteiger partial charge in [0, 0.05) is 40.5 Å². The Morgan fingerprint density at radius 1 is 0.865 bits per heavy atom. The van der Waals surface area contributed by atoms with Crippen LogP contribution >= 0.6 is 34.8 Å². The summed E-state index contributed by atoms with van der Waals surface area (Å²) < 4.78 is 0. The van der Waals surface area contributed by atoms with Crippen LogP contribution in [-0.2, 0) is 29.0 Å². The third kappa shape index (κ3) is 7.73. The van der Waals surface area contributed by atoms with Gasteiger partial charge in [-0.3, -0.25) is 9.59 Å². The fraction of sp³-hybridized carbons (Fsp3) is 0.333. The highest BCUT2D eigenvalue weighted by Gasteiger charge is 2.32. The SMILES string of the molecule is O=C(NC1CCCC1)[C@H](Cc1ccccc1)N(Cc1ccc(Cl)cc1Cl)C(=O)CCc1ccccc1Cl. The predicted octanol–water partition coefficient (Wildman–Crippen LogP) is 7.28. The van der Waals surface area contributed by atoms with Crippen molar-refractivity contribution < 1.29 is 9.59 Å². The lowest BCUT2D eigenvalue weighted by atomic mass is 10.0. The maximum absolute atomic E-state index is 13.8. The molecule has 2 amide bonds. The lowest BCUT2D eigenvalue weighted by Crippen LogP contribution is -2.52. The van der Waals surface area contributed by atoms with Crippen molar-refractivity contribution in [2.24, 2.45) is 0 Å². The molecule has 1 aliphatic rings. The van der Waals surface area contributed by atoms with Crippen molar-refractivity contribution in [3.05, 3.63) is 105 Å². The van der Waals surface area contributed by atoms with E-state index in [1.54, 1.807) is 17.0 Å². The highest BCUT2D eigenvalue weighted by molar-refractivity contribution is 6.35. The molecule has 0 radical (unpaired) electrons. The van der Waals surface area contributed by atoms with E-state index in [0.717, 1.165) is 42.4 Å². The average Bonchev–Trinajstić information content (AvgIpc) is 3.40. The van der Waals surface area contributed by atoms with Crippen LogP contribution in [0.2, 0.25) is 15.1 Å². The zero-order valence-corrected chi connectivity index (χ0v) is 22.9. The zero-order chi connectivity index (χ0) is 26.2. The van der Waals surface area contributed by atoms with E-state index >= 15 is 0 Å². The molecule has 1 atom stereocenters. The Morgan fingerprint density at radius 3 is 2.27 bits per heavy atom. The zero-order valence-electron chi connectivity index (χ0n) is 20.6. The van der Waals surface area contributed by atoms with E-state index in [9.17, 15) is 9.59 Å². The fourth-order valence-corrected chi connectivity index (χ4v) is 5.54. The Bertz CT molecular complexity index is 1210. The van der Waals surface area contributed by atoms with E-state index in [1.807, 2.05) is 60.7 Å². The van der Waals surface area contributed by atoms with Crippen LogP contribution in [-0.4, -0.2) is 28.8 Å². The topological polar surface area (TPSA) is 49.4 Å². The first-order valence-corrected chi connectivity index (χ1v) is 13.8. The van der Waals surface area contributed by atoms with Crippen LogP contribution in [0, 0.1) is 0 Å². The van der Waals surface area contributed by atoms with Crippen molar-refractivity contribution in [2.75, 3.05) is 0 Å². The number of hydrogen-bond acceptors (Lipinski definition) is 2. The Hall–Kier alpha value is -2.53. The number of carbonyl (C=O) groups is 2. The van der Waals surface area contributed by atoms with Gasteiger partial charge in [-0.1, -0.05) is 102 Å². The number of nitrogens with zero attached hydrogens (tertiary/aromatic N) is 1. The number of amides is 2. The van der Waals surface area contributed by atoms with Gasteiger partial charge in [0.1, 0.15) is 6.04 Å². The molecule has 1 saturated carbocycles. The number of rotatable bonds is 10. The summed E-state index contributed by atoms with van der Waals surface area (Å²) in [6.07, 6.45) is 5.25. The second-order valence-electron chi connectivity index (χ2n) is 9.54. The molecule has 0 spiro atoms. The first-order valence-electron chi connectivity index (χ1n) is 12.7. The maximum atomic E-state index is 13.8. The second kappa shape index (κ2) is 13.3. The van der Waals surface area contributed by atoms with Crippen LogP contribution in [0.25, 0.3) is 0 Å². The minimum absolute atomic E-state index is 0.131. The summed E-state index contributed by atoms with van der Waals surface area (Å²) in [4.78, 5) is 29.2. The largest absolute Gasteiger partial charge is 0.352 e. The molecule has 1 N–H and O–H groups in total. The Kier molecular flexibility index (Phi) is 9.90. The molecule has 4 rings (SSSR count). The minimum Gasteiger partial charge on any atom is -0.352 e. The fourth-order valence-electron chi connectivity index (χ4n) is 4.84. The van der Waals surface area contributed by atoms with Crippen molar-refractivity contribution in [1.82, 2.24) is 10.2 Å². The van der Waals surface area contributed by atoms with Crippen LogP contribution in [0.5, 0.6) is 0 Å². The van der Waals surface area contributed by atoms with E-state index in [1.165, 1.54) is 0 Å². The molecule has 0 aliphatic heterocycles. The monoisotopic (exact) mass is 556 g/mol. The molecule has 194 valence electrons. The van der Waals surface area contributed by atoms with Crippen molar-refractivity contribution in [1.29, 1.82) is 0 Å². The molecule has 37 heavy (non-hydrogen) atoms. The maximum Gasteiger partial charge on any atom is 0.243 e. The molecule has 4 nitrogen and oxygen atoms in total. The number of aryl methyl sites for hydroxylation is 1. The number of hydrogen-bond donors (Lipinski definition) is 1. The summed E-state index contributed by atoms with van der Waals surface area (Å²) >= 11 is 19.0. The quantitative estimate of drug-likeness (QED) is 0.285. The molecular formula is C30H31Cl3N2O2. The van der Waals surface area contributed by atoms with Gasteiger partial charge in [-0.05, 0) is 54.2 Å². The summed E-state index contributed by atoms with van der Waals surface area (Å²) in [5, 5.41) is 4.83. The van der Waals surface area contributed by atoms with Gasteiger partial charge in [-0.25, -0.2) is 0 Å². The second-order valence-corrected chi connectivity index (χ2v) is 10.8. The van der Waals surface area contributed by atoms with Gasteiger partial charge in [0.15, 0.2) is 0 Å². The number of nitrogens with one attached hydrogen (secondary N) is 1. The Morgan fingerprint density at radius 2 is 1.57 bits per heavy atom. The van der Waals surface area contributed by atoms with Crippen molar-refractivity contribution in [2.45, 2.75) is 63.6 Å². The molecule has 0 unspecified atom stereocenters. The van der Waals surface area contributed by atoms with Gasteiger partial charge < -0.3 is 10.2 Å². The summed E-state index contributed by atoms with van der Waals surface area (Å²) in [5.41, 5.74) is 2.63. The first-order chi connectivity index (χ1) is 17.9. The van der Waals surface area contributed by atoms with Gasteiger partial charge in [-0.2, -0.15) is 0 Å². The summed E-state index contributed by atoms with van der Waals surface area (Å²) in [5.74, 6) is -0.264. The minimum atomic E-state index is -0.687. The van der Waals surface area contributed by atoms with Gasteiger partial charge in [0.05, 0.1) is 0 Å². The molecule has 1 aliphatic carbocycles. The van der Waals surface area contributed by atoms with Crippen LogP contribution in [0.4, 0.5) is 0 Å². The molecule has 7 heteroatoms. The lowest BCUT2D eigenvalue weighted by Gasteiger charge is -2.32. The molecule has 0 heterocycles. The highest BCUT2D eigenvalue weighted by atomic mass is 35.5. The standard InChI is InChI=1S/C30H31Cl3N2O2/c31-24-16-14-23(27(33)19-24)20-35(29(36)17-15-22-10-4-7-13-26(22)32)28(18-21-8-2-1-3-9-21)30(37)34-25-11-5-6-12-25/h1-4,7-10,13-14,16,19,25,28H,5-6,11-12,15,17-18,20H2,(H,34,37)/t28-/m0/s1. The Balaban J connectivity index is 1.64. The molecule has 3 aromatic carbocycles. The van der Waals surface area contributed by atoms with Crippen LogP contribution < -0.4 is 5.32 Å². The third-order valence-electron chi connectivity index (χ3n) is 6.89. The van der Waals surface area contributed by atoms with Gasteiger partial charge in [0.25, 0.3) is 0 Å². The molecule has 1 fully saturated rings. The van der Waals surface area contributed by atoms with E-state index in [0.29, 0.717) is 27.9 Å². The van der Waals surface area contributed by atoms with Gasteiger partial charge in [0.2, 0.25) is 11.8 Å².